The minimum atomic E-state index is -3.48. The van der Waals surface area contributed by atoms with Crippen molar-refractivity contribution in [3.63, 3.8) is 0 Å². The van der Waals surface area contributed by atoms with Crippen LogP contribution in [0, 0.1) is 35.4 Å². The highest BCUT2D eigenvalue weighted by Gasteiger charge is 2.18. The topological polar surface area (TPSA) is 90.9 Å². The molecule has 0 aromatic heterocycles. The zero-order chi connectivity index (χ0) is 17.2. The number of halogens is 1. The Labute approximate surface area is 133 Å². The molecule has 7 heteroatoms. The van der Waals surface area contributed by atoms with Gasteiger partial charge < -0.3 is 4.74 Å². The molecule has 116 valence electrons. The first-order valence-electron chi connectivity index (χ1n) is 6.38. The van der Waals surface area contributed by atoms with Crippen LogP contribution in [-0.2, 0) is 9.84 Å². The van der Waals surface area contributed by atoms with E-state index < -0.39 is 15.7 Å². The number of hydrogen-bond acceptors (Lipinski definition) is 5. The molecule has 0 amide bonds. The van der Waals surface area contributed by atoms with Gasteiger partial charge in [0.05, 0.1) is 22.1 Å². The molecule has 0 aliphatic carbocycles. The quantitative estimate of drug-likeness (QED) is 0.862. The van der Waals surface area contributed by atoms with Gasteiger partial charge in [0.2, 0.25) is 0 Å². The zero-order valence-corrected chi connectivity index (χ0v) is 13.1. The molecule has 0 fully saturated rings. The largest absolute Gasteiger partial charge is 0.456 e. The SMILES string of the molecule is Cc1c(S(C)(=O)=O)ccc(Oc2cc(F)cc(C#N)c2)c1C#N. The second-order valence-corrected chi connectivity index (χ2v) is 6.82. The summed E-state index contributed by atoms with van der Waals surface area (Å²) in [6.07, 6.45) is 1.04. The highest BCUT2D eigenvalue weighted by Crippen LogP contribution is 2.31. The van der Waals surface area contributed by atoms with Crippen LogP contribution in [-0.4, -0.2) is 14.7 Å². The molecule has 0 aliphatic rings. The lowest BCUT2D eigenvalue weighted by Crippen LogP contribution is -2.03. The number of hydrogen-bond donors (Lipinski definition) is 0. The van der Waals surface area contributed by atoms with Crippen molar-refractivity contribution in [1.29, 1.82) is 10.5 Å². The lowest BCUT2D eigenvalue weighted by atomic mass is 10.1. The Kier molecular flexibility index (Phi) is 4.35. The number of ether oxygens (including phenoxy) is 1. The fourth-order valence-corrected chi connectivity index (χ4v) is 3.08. The van der Waals surface area contributed by atoms with E-state index >= 15 is 0 Å². The van der Waals surface area contributed by atoms with Gasteiger partial charge in [0.25, 0.3) is 0 Å². The predicted molar refractivity (Wildman–Crippen MR) is 80.2 cm³/mol. The third kappa shape index (κ3) is 3.47. The molecular weight excluding hydrogens is 319 g/mol. The smallest absolute Gasteiger partial charge is 0.175 e. The zero-order valence-electron chi connectivity index (χ0n) is 12.3. The normalized spacial score (nSPS) is 10.7. The van der Waals surface area contributed by atoms with Gasteiger partial charge in [0.1, 0.15) is 23.4 Å². The Morgan fingerprint density at radius 2 is 1.83 bits per heavy atom. The summed E-state index contributed by atoms with van der Waals surface area (Å²) in [6.45, 7) is 1.49. The number of benzene rings is 2. The number of sulfone groups is 1. The van der Waals surface area contributed by atoms with E-state index in [2.05, 4.69) is 0 Å². The maximum atomic E-state index is 13.4. The maximum Gasteiger partial charge on any atom is 0.175 e. The van der Waals surface area contributed by atoms with Crippen LogP contribution in [0.5, 0.6) is 11.5 Å². The van der Waals surface area contributed by atoms with Crippen molar-refractivity contribution in [1.82, 2.24) is 0 Å². The second kappa shape index (κ2) is 6.07. The summed E-state index contributed by atoms with van der Waals surface area (Å²) >= 11 is 0. The van der Waals surface area contributed by atoms with Crippen LogP contribution in [0.4, 0.5) is 4.39 Å². The van der Waals surface area contributed by atoms with Crippen molar-refractivity contribution < 1.29 is 17.5 Å². The van der Waals surface area contributed by atoms with E-state index in [0.29, 0.717) is 0 Å². The van der Waals surface area contributed by atoms with E-state index in [1.807, 2.05) is 6.07 Å². The molecule has 0 spiro atoms. The molecule has 2 aromatic carbocycles. The minimum Gasteiger partial charge on any atom is -0.456 e. The molecule has 2 rings (SSSR count). The Hall–Kier alpha value is -2.90. The molecule has 0 N–H and O–H groups in total. The Bertz CT molecular complexity index is 970. The monoisotopic (exact) mass is 330 g/mol. The lowest BCUT2D eigenvalue weighted by molar-refractivity contribution is 0.474. The Balaban J connectivity index is 2.55. The van der Waals surface area contributed by atoms with Crippen molar-refractivity contribution in [3.05, 3.63) is 52.8 Å². The average Bonchev–Trinajstić information content (AvgIpc) is 2.45. The van der Waals surface area contributed by atoms with Gasteiger partial charge in [-0.05, 0) is 36.8 Å². The number of nitrogens with zero attached hydrogens (tertiary/aromatic N) is 2. The van der Waals surface area contributed by atoms with Crippen molar-refractivity contribution in [3.8, 4) is 23.6 Å². The van der Waals surface area contributed by atoms with Gasteiger partial charge in [-0.1, -0.05) is 0 Å². The fraction of sp³-hybridized carbons (Fsp3) is 0.125. The second-order valence-electron chi connectivity index (χ2n) is 4.84. The van der Waals surface area contributed by atoms with Crippen LogP contribution >= 0.6 is 0 Å². The molecule has 0 heterocycles. The molecule has 0 aliphatic heterocycles. The number of nitriles is 2. The van der Waals surface area contributed by atoms with Crippen LogP contribution in [0.2, 0.25) is 0 Å². The first-order valence-corrected chi connectivity index (χ1v) is 8.27. The summed E-state index contributed by atoms with van der Waals surface area (Å²) in [5.74, 6) is -0.515. The summed E-state index contributed by atoms with van der Waals surface area (Å²) in [4.78, 5) is 0.0263. The van der Waals surface area contributed by atoms with Crippen molar-refractivity contribution >= 4 is 9.84 Å². The minimum absolute atomic E-state index is 0.0263. The first kappa shape index (κ1) is 16.5. The van der Waals surface area contributed by atoms with Crippen LogP contribution in [0.1, 0.15) is 16.7 Å². The highest BCUT2D eigenvalue weighted by molar-refractivity contribution is 7.90. The average molecular weight is 330 g/mol. The molecule has 2 aromatic rings. The molecule has 0 atom stereocenters. The Morgan fingerprint density at radius 1 is 1.13 bits per heavy atom. The predicted octanol–water partition coefficient (Wildman–Crippen LogP) is 3.07. The van der Waals surface area contributed by atoms with Crippen molar-refractivity contribution in [2.45, 2.75) is 11.8 Å². The summed E-state index contributed by atoms with van der Waals surface area (Å²) in [5.41, 5.74) is 0.364. The van der Waals surface area contributed by atoms with E-state index in [1.165, 1.54) is 25.1 Å². The lowest BCUT2D eigenvalue weighted by Gasteiger charge is -2.12. The standard InChI is InChI=1S/C16H11FN2O3S/c1-10-14(9-19)15(3-4-16(10)23(2,20)21)22-13-6-11(8-18)5-12(17)7-13/h3-7H,1-2H3. The van der Waals surface area contributed by atoms with Gasteiger partial charge in [-0.15, -0.1) is 0 Å². The van der Waals surface area contributed by atoms with Gasteiger partial charge in [-0.25, -0.2) is 12.8 Å². The summed E-state index contributed by atoms with van der Waals surface area (Å²) in [7, 11) is -3.48. The molecule has 0 saturated carbocycles. The first-order chi connectivity index (χ1) is 10.8. The molecule has 5 nitrogen and oxygen atoms in total. The van der Waals surface area contributed by atoms with E-state index in [1.54, 1.807) is 6.07 Å². The Morgan fingerprint density at radius 3 is 2.39 bits per heavy atom. The molecule has 0 bridgehead atoms. The molecule has 0 saturated heterocycles. The van der Waals surface area contributed by atoms with Crippen LogP contribution in [0.15, 0.2) is 35.2 Å². The molecular formula is C16H11FN2O3S. The maximum absolute atomic E-state index is 13.4. The van der Waals surface area contributed by atoms with Gasteiger partial charge in [0, 0.05) is 12.3 Å². The van der Waals surface area contributed by atoms with E-state index in [-0.39, 0.29) is 33.1 Å². The number of rotatable bonds is 3. The van der Waals surface area contributed by atoms with Gasteiger partial charge in [-0.2, -0.15) is 10.5 Å². The van der Waals surface area contributed by atoms with Gasteiger partial charge in [-0.3, -0.25) is 0 Å². The molecule has 23 heavy (non-hydrogen) atoms. The van der Waals surface area contributed by atoms with Gasteiger partial charge in [0.15, 0.2) is 9.84 Å². The van der Waals surface area contributed by atoms with E-state index in [4.69, 9.17) is 10.00 Å². The van der Waals surface area contributed by atoms with Gasteiger partial charge >= 0.3 is 0 Å². The summed E-state index contributed by atoms with van der Waals surface area (Å²) in [5, 5.41) is 18.1. The molecule has 0 radical (unpaired) electrons. The van der Waals surface area contributed by atoms with Crippen molar-refractivity contribution in [2.24, 2.45) is 0 Å². The van der Waals surface area contributed by atoms with E-state index in [9.17, 15) is 18.1 Å². The summed E-state index contributed by atoms with van der Waals surface area (Å²) in [6, 6.07) is 9.79. The van der Waals surface area contributed by atoms with Crippen LogP contribution in [0.3, 0.4) is 0 Å². The van der Waals surface area contributed by atoms with Crippen LogP contribution < -0.4 is 4.74 Å². The highest BCUT2D eigenvalue weighted by atomic mass is 32.2. The molecule has 0 unspecified atom stereocenters. The summed E-state index contributed by atoms with van der Waals surface area (Å²) < 4.78 is 42.3. The third-order valence-electron chi connectivity index (χ3n) is 3.12. The van der Waals surface area contributed by atoms with E-state index in [0.717, 1.165) is 18.4 Å². The van der Waals surface area contributed by atoms with Crippen molar-refractivity contribution in [2.75, 3.05) is 6.26 Å². The third-order valence-corrected chi connectivity index (χ3v) is 4.36. The fourth-order valence-electron chi connectivity index (χ4n) is 2.11. The van der Waals surface area contributed by atoms with Crippen LogP contribution in [0.25, 0.3) is 0 Å².